The summed E-state index contributed by atoms with van der Waals surface area (Å²) in [6, 6.07) is 17.7. The summed E-state index contributed by atoms with van der Waals surface area (Å²) < 4.78 is 11.3. The van der Waals surface area contributed by atoms with Gasteiger partial charge in [-0.1, -0.05) is 30.3 Å². The van der Waals surface area contributed by atoms with Gasteiger partial charge in [0.2, 0.25) is 5.88 Å². The van der Waals surface area contributed by atoms with Gasteiger partial charge in [-0.3, -0.25) is 5.43 Å². The minimum absolute atomic E-state index is 0.275. The molecule has 5 rings (SSSR count). The van der Waals surface area contributed by atoms with E-state index in [1.165, 1.54) is 0 Å². The molecule has 0 aliphatic carbocycles. The van der Waals surface area contributed by atoms with Crippen LogP contribution in [-0.4, -0.2) is 10.8 Å². The second kappa shape index (κ2) is 8.31. The number of rotatable bonds is 6. The first-order valence-electron chi connectivity index (χ1n) is 9.39. The van der Waals surface area contributed by atoms with Crippen molar-refractivity contribution in [1.82, 2.24) is 21.5 Å². The van der Waals surface area contributed by atoms with Crippen molar-refractivity contribution < 1.29 is 9.15 Å². The van der Waals surface area contributed by atoms with Crippen LogP contribution >= 0.6 is 11.3 Å². The van der Waals surface area contributed by atoms with Gasteiger partial charge in [-0.05, 0) is 29.1 Å². The Morgan fingerprint density at radius 2 is 2.03 bits per heavy atom. The molecule has 9 heteroatoms. The lowest BCUT2D eigenvalue weighted by atomic mass is 10.0. The Morgan fingerprint density at radius 3 is 2.71 bits per heavy atom. The van der Waals surface area contributed by atoms with E-state index in [4.69, 9.17) is 9.15 Å². The third-order valence-corrected chi connectivity index (χ3v) is 5.60. The van der Waals surface area contributed by atoms with E-state index >= 15 is 0 Å². The van der Waals surface area contributed by atoms with Crippen LogP contribution in [0.4, 0.5) is 0 Å². The molecule has 0 saturated heterocycles. The van der Waals surface area contributed by atoms with Gasteiger partial charge < -0.3 is 9.15 Å². The van der Waals surface area contributed by atoms with Crippen LogP contribution in [0.5, 0.6) is 5.88 Å². The van der Waals surface area contributed by atoms with Crippen molar-refractivity contribution >= 4 is 17.2 Å². The summed E-state index contributed by atoms with van der Waals surface area (Å²) in [6.07, 6.45) is 3.19. The molecular weight excluding hydrogens is 412 g/mol. The number of ether oxygens (including phenoxy) is 1. The highest BCUT2D eigenvalue weighted by Gasteiger charge is 2.18. The highest BCUT2D eigenvalue weighted by molar-refractivity contribution is 7.13. The maximum Gasteiger partial charge on any atom is 0.233 e. The molecule has 3 aromatic heterocycles. The maximum atomic E-state index is 9.84. The predicted molar refractivity (Wildman–Crippen MR) is 117 cm³/mol. The number of hydrogen-bond donors (Lipinski definition) is 3. The van der Waals surface area contributed by atoms with E-state index in [1.807, 2.05) is 53.9 Å². The summed E-state index contributed by atoms with van der Waals surface area (Å²) in [7, 11) is 0. The van der Waals surface area contributed by atoms with Crippen LogP contribution in [-0.2, 0) is 6.61 Å². The number of furan rings is 1. The van der Waals surface area contributed by atoms with Gasteiger partial charge in [0.05, 0.1) is 23.1 Å². The minimum atomic E-state index is 0.275. The molecule has 1 aliphatic heterocycles. The normalized spacial score (nSPS) is 12.5. The van der Waals surface area contributed by atoms with Gasteiger partial charge in [-0.25, -0.2) is 10.5 Å². The number of nitriles is 1. The van der Waals surface area contributed by atoms with Crippen LogP contribution in [0.1, 0.15) is 16.7 Å². The third kappa shape index (κ3) is 3.85. The van der Waals surface area contributed by atoms with Crippen molar-refractivity contribution in [3.05, 3.63) is 83.1 Å². The van der Waals surface area contributed by atoms with Crippen molar-refractivity contribution in [3.63, 3.8) is 0 Å². The monoisotopic (exact) mass is 428 g/mol. The van der Waals surface area contributed by atoms with Gasteiger partial charge in [-0.15, -0.1) is 22.0 Å². The fourth-order valence-electron chi connectivity index (χ4n) is 3.18. The molecular formula is C22H16N6O2S. The largest absolute Gasteiger partial charge is 0.472 e. The van der Waals surface area contributed by atoms with Gasteiger partial charge in [0.25, 0.3) is 0 Å². The lowest BCUT2D eigenvalue weighted by Crippen LogP contribution is -2.35. The van der Waals surface area contributed by atoms with Crippen molar-refractivity contribution in [2.24, 2.45) is 5.10 Å². The number of aromatic nitrogens is 1. The zero-order valence-corrected chi connectivity index (χ0v) is 16.9. The quantitative estimate of drug-likeness (QED) is 0.429. The number of nitrogens with one attached hydrogen (secondary N) is 3. The van der Waals surface area contributed by atoms with Gasteiger partial charge in [-0.2, -0.15) is 5.26 Å². The van der Waals surface area contributed by atoms with Gasteiger partial charge in [0.1, 0.15) is 18.2 Å². The molecule has 152 valence electrons. The fourth-order valence-corrected chi connectivity index (χ4v) is 3.86. The summed E-state index contributed by atoms with van der Waals surface area (Å²) in [5.74, 6) is 0.998. The number of hydrazone groups is 1. The molecule has 0 bridgehead atoms. The van der Waals surface area contributed by atoms with Crippen LogP contribution in [0.2, 0.25) is 0 Å². The molecule has 1 aliphatic rings. The minimum Gasteiger partial charge on any atom is -0.472 e. The number of hydrogen-bond acceptors (Lipinski definition) is 9. The Labute approximate surface area is 181 Å². The first-order valence-corrected chi connectivity index (χ1v) is 10.3. The lowest BCUT2D eigenvalue weighted by Gasteiger charge is -2.12. The molecule has 0 amide bonds. The number of thiophene rings is 1. The van der Waals surface area contributed by atoms with E-state index in [0.29, 0.717) is 17.3 Å². The SMILES string of the molecule is N#Cc1c(-c2ccoc2)cc(-c2cccs2)nc1OCc1ccc(C2=NNNN2)cc1. The Bertz CT molecular complexity index is 1260. The summed E-state index contributed by atoms with van der Waals surface area (Å²) in [4.78, 5) is 5.64. The molecule has 0 saturated carbocycles. The lowest BCUT2D eigenvalue weighted by molar-refractivity contribution is 0.293. The topological polar surface area (TPSA) is 108 Å². The smallest absolute Gasteiger partial charge is 0.233 e. The van der Waals surface area contributed by atoms with Crippen molar-refractivity contribution in [3.8, 4) is 33.6 Å². The summed E-state index contributed by atoms with van der Waals surface area (Å²) in [5.41, 5.74) is 12.8. The first-order chi connectivity index (χ1) is 15.3. The van der Waals surface area contributed by atoms with Crippen LogP contribution < -0.4 is 21.2 Å². The zero-order chi connectivity index (χ0) is 21.0. The van der Waals surface area contributed by atoms with Crippen LogP contribution in [0.15, 0.2) is 76.0 Å². The second-order valence-electron chi connectivity index (χ2n) is 6.64. The number of nitrogens with zero attached hydrogens (tertiary/aromatic N) is 3. The molecule has 0 unspecified atom stereocenters. The molecule has 3 N–H and O–H groups in total. The van der Waals surface area contributed by atoms with E-state index in [9.17, 15) is 5.26 Å². The van der Waals surface area contributed by atoms with E-state index in [2.05, 4.69) is 32.6 Å². The average molecular weight is 428 g/mol. The van der Waals surface area contributed by atoms with Gasteiger partial charge in [0.15, 0.2) is 5.84 Å². The van der Waals surface area contributed by atoms with Crippen molar-refractivity contribution in [2.45, 2.75) is 6.61 Å². The van der Waals surface area contributed by atoms with Crippen molar-refractivity contribution in [2.75, 3.05) is 0 Å². The molecule has 0 atom stereocenters. The van der Waals surface area contributed by atoms with E-state index in [-0.39, 0.29) is 6.61 Å². The highest BCUT2D eigenvalue weighted by atomic mass is 32.1. The molecule has 0 fully saturated rings. The van der Waals surface area contributed by atoms with E-state index < -0.39 is 0 Å². The summed E-state index contributed by atoms with van der Waals surface area (Å²) >= 11 is 1.58. The number of amidine groups is 1. The van der Waals surface area contributed by atoms with E-state index in [1.54, 1.807) is 23.9 Å². The van der Waals surface area contributed by atoms with Crippen LogP contribution in [0.25, 0.3) is 21.7 Å². The maximum absolute atomic E-state index is 9.84. The summed E-state index contributed by atoms with van der Waals surface area (Å²) in [5, 5.41) is 15.9. The number of hydrazine groups is 2. The molecule has 0 spiro atoms. The first kappa shape index (κ1) is 18.9. The molecule has 31 heavy (non-hydrogen) atoms. The zero-order valence-electron chi connectivity index (χ0n) is 16.1. The Balaban J connectivity index is 1.46. The fraction of sp³-hybridized carbons (Fsp3) is 0.0455. The molecule has 1 aromatic carbocycles. The predicted octanol–water partition coefficient (Wildman–Crippen LogP) is 3.79. The van der Waals surface area contributed by atoms with Crippen LogP contribution in [0.3, 0.4) is 0 Å². The van der Waals surface area contributed by atoms with Gasteiger partial charge >= 0.3 is 0 Å². The van der Waals surface area contributed by atoms with Crippen molar-refractivity contribution in [1.29, 1.82) is 5.26 Å². The Morgan fingerprint density at radius 1 is 1.13 bits per heavy atom. The molecule has 0 radical (unpaired) electrons. The number of benzene rings is 1. The van der Waals surface area contributed by atoms with Crippen LogP contribution in [0, 0.1) is 11.3 Å². The van der Waals surface area contributed by atoms with E-state index in [0.717, 1.165) is 32.8 Å². The third-order valence-electron chi connectivity index (χ3n) is 4.71. The highest BCUT2D eigenvalue weighted by Crippen LogP contribution is 2.35. The molecule has 4 heterocycles. The Hall–Kier alpha value is -4.13. The Kier molecular flexibility index (Phi) is 5.06. The average Bonchev–Trinajstić information content (AvgIpc) is 3.60. The number of pyridine rings is 1. The molecule has 8 nitrogen and oxygen atoms in total. The van der Waals surface area contributed by atoms with Gasteiger partial charge in [0, 0.05) is 16.7 Å². The summed E-state index contributed by atoms with van der Waals surface area (Å²) in [6.45, 7) is 0.275. The standard InChI is InChI=1S/C22H16N6O2S/c23-11-18-17(16-7-8-29-13-16)10-19(20-2-1-9-31-20)24-22(18)30-12-14-3-5-15(6-4-14)21-25-27-28-26-21/h1-10,13,27-28H,12H2,(H,25,26). The molecule has 4 aromatic rings. The second-order valence-corrected chi connectivity index (χ2v) is 7.59.